The van der Waals surface area contributed by atoms with E-state index in [1.165, 1.54) is 0 Å². The first-order valence-corrected chi connectivity index (χ1v) is 9.28. The minimum atomic E-state index is -0.885. The Bertz CT molecular complexity index is 866. The maximum atomic E-state index is 13.7. The Morgan fingerprint density at radius 1 is 1.04 bits per heavy atom. The molecule has 0 spiro atoms. The third kappa shape index (κ3) is 3.03. The van der Waals surface area contributed by atoms with Crippen LogP contribution in [-0.2, 0) is 9.59 Å². The quantitative estimate of drug-likeness (QED) is 0.824. The smallest absolute Gasteiger partial charge is 0.307 e. The molecule has 5 atom stereocenters. The summed E-state index contributed by atoms with van der Waals surface area (Å²) in [6, 6.07) is 14.8. The number of aliphatic carboxylic acids is 1. The third-order valence-corrected chi connectivity index (χ3v) is 5.80. The molecule has 1 heterocycles. The number of rotatable bonds is 5. The van der Waals surface area contributed by atoms with Gasteiger partial charge in [-0.25, -0.2) is 0 Å². The minimum absolute atomic E-state index is 0.00857. The van der Waals surface area contributed by atoms with E-state index in [2.05, 4.69) is 4.98 Å². The number of carboxylic acids is 1. The van der Waals surface area contributed by atoms with Crippen molar-refractivity contribution in [3.05, 3.63) is 72.6 Å². The maximum absolute atomic E-state index is 13.7. The van der Waals surface area contributed by atoms with E-state index in [0.717, 1.165) is 17.8 Å². The molecule has 1 saturated carbocycles. The Morgan fingerprint density at radius 2 is 1.70 bits per heavy atom. The second kappa shape index (κ2) is 6.99. The predicted molar refractivity (Wildman–Crippen MR) is 102 cm³/mol. The van der Waals surface area contributed by atoms with Crippen LogP contribution in [0.5, 0.6) is 0 Å². The fraction of sp³-hybridized carbons (Fsp3) is 0.318. The number of carbonyl (C=O) groups excluding carboxylic acids is 1. The monoisotopic (exact) mass is 362 g/mol. The molecule has 1 aromatic heterocycles. The lowest BCUT2D eigenvalue weighted by Crippen LogP contribution is -2.44. The molecule has 2 aliphatic carbocycles. The Kier molecular flexibility index (Phi) is 4.52. The highest BCUT2D eigenvalue weighted by molar-refractivity contribution is 5.99. The number of hydrogen-bond donors (Lipinski definition) is 1. The summed E-state index contributed by atoms with van der Waals surface area (Å²) in [6.07, 6.45) is 6.43. The fourth-order valence-corrected chi connectivity index (χ4v) is 4.54. The predicted octanol–water partition coefficient (Wildman–Crippen LogP) is 3.70. The number of amides is 1. The molecule has 2 aliphatic rings. The summed E-state index contributed by atoms with van der Waals surface area (Å²) in [5.41, 5.74) is 1.54. The first-order valence-electron chi connectivity index (χ1n) is 9.28. The summed E-state index contributed by atoms with van der Waals surface area (Å²) >= 11 is 0. The second-order valence-electron chi connectivity index (χ2n) is 7.31. The van der Waals surface area contributed by atoms with Crippen LogP contribution in [0.4, 0.5) is 5.69 Å². The van der Waals surface area contributed by atoms with E-state index in [4.69, 9.17) is 0 Å². The van der Waals surface area contributed by atoms with Crippen molar-refractivity contribution in [1.82, 2.24) is 4.98 Å². The standard InChI is InChI=1S/C22H22N2O3/c1-14(18-9-5-6-12-23-18)24(17-7-3-2-4-8-17)21(25)19-15-10-11-16(13-15)20(19)22(26)27/h2-12,14-16,19-20H,13H2,1H3,(H,26,27). The molecule has 1 N–H and O–H groups in total. The maximum Gasteiger partial charge on any atom is 0.307 e. The molecule has 5 unspecified atom stereocenters. The van der Waals surface area contributed by atoms with Gasteiger partial charge in [-0.1, -0.05) is 36.4 Å². The SMILES string of the molecule is CC(c1ccccn1)N(C(=O)C1C2C=CC(C2)C1C(=O)O)c1ccccc1. The molecular weight excluding hydrogens is 340 g/mol. The number of para-hydroxylation sites is 1. The van der Waals surface area contributed by atoms with Crippen LogP contribution in [0.1, 0.15) is 25.1 Å². The average Bonchev–Trinajstić information content (AvgIpc) is 3.31. The minimum Gasteiger partial charge on any atom is -0.481 e. The van der Waals surface area contributed by atoms with Crippen molar-refractivity contribution in [3.8, 4) is 0 Å². The lowest BCUT2D eigenvalue weighted by atomic mass is 9.81. The summed E-state index contributed by atoms with van der Waals surface area (Å²) in [7, 11) is 0. The van der Waals surface area contributed by atoms with Crippen molar-refractivity contribution in [3.63, 3.8) is 0 Å². The highest BCUT2D eigenvalue weighted by atomic mass is 16.4. The summed E-state index contributed by atoms with van der Waals surface area (Å²) in [6.45, 7) is 1.94. The van der Waals surface area contributed by atoms with Gasteiger partial charge in [-0.05, 0) is 49.4 Å². The average molecular weight is 362 g/mol. The molecule has 4 rings (SSSR count). The van der Waals surface area contributed by atoms with Gasteiger partial charge in [-0.2, -0.15) is 0 Å². The van der Waals surface area contributed by atoms with Crippen LogP contribution in [0, 0.1) is 23.7 Å². The molecule has 2 bridgehead atoms. The Hall–Kier alpha value is -2.95. The Morgan fingerprint density at radius 3 is 2.33 bits per heavy atom. The van der Waals surface area contributed by atoms with Crippen LogP contribution in [0.3, 0.4) is 0 Å². The number of carbonyl (C=O) groups is 2. The fourth-order valence-electron chi connectivity index (χ4n) is 4.54. The summed E-state index contributed by atoms with van der Waals surface area (Å²) < 4.78 is 0. The molecular formula is C22H22N2O3. The van der Waals surface area contributed by atoms with Crippen LogP contribution < -0.4 is 4.90 Å². The highest BCUT2D eigenvalue weighted by Gasteiger charge is 2.53. The van der Waals surface area contributed by atoms with E-state index >= 15 is 0 Å². The molecule has 0 aliphatic heterocycles. The van der Waals surface area contributed by atoms with Gasteiger partial charge in [-0.3, -0.25) is 14.6 Å². The highest BCUT2D eigenvalue weighted by Crippen LogP contribution is 2.49. The Balaban J connectivity index is 1.74. The van der Waals surface area contributed by atoms with E-state index in [9.17, 15) is 14.7 Å². The van der Waals surface area contributed by atoms with Crippen LogP contribution in [0.25, 0.3) is 0 Å². The van der Waals surface area contributed by atoms with Gasteiger partial charge in [0, 0.05) is 11.9 Å². The van der Waals surface area contributed by atoms with Gasteiger partial charge in [0.1, 0.15) is 0 Å². The van der Waals surface area contributed by atoms with Gasteiger partial charge >= 0.3 is 5.97 Å². The molecule has 1 aromatic carbocycles. The van der Waals surface area contributed by atoms with Gasteiger partial charge in [0.25, 0.3) is 0 Å². The number of benzene rings is 1. The lowest BCUT2D eigenvalue weighted by molar-refractivity contribution is -0.147. The van der Waals surface area contributed by atoms with E-state index < -0.39 is 17.8 Å². The molecule has 1 fully saturated rings. The van der Waals surface area contributed by atoms with Crippen molar-refractivity contribution in [1.29, 1.82) is 0 Å². The van der Waals surface area contributed by atoms with E-state index in [1.807, 2.05) is 67.6 Å². The Labute approximate surface area is 158 Å². The number of hydrogen-bond acceptors (Lipinski definition) is 3. The van der Waals surface area contributed by atoms with Crippen LogP contribution in [-0.4, -0.2) is 22.0 Å². The van der Waals surface area contributed by atoms with Crippen LogP contribution >= 0.6 is 0 Å². The van der Waals surface area contributed by atoms with Crippen molar-refractivity contribution in [2.24, 2.45) is 23.7 Å². The van der Waals surface area contributed by atoms with Crippen LogP contribution in [0.2, 0.25) is 0 Å². The summed E-state index contributed by atoms with van der Waals surface area (Å²) in [5.74, 6) is -2.28. The number of nitrogens with zero attached hydrogens (tertiary/aromatic N) is 2. The molecule has 1 amide bonds. The van der Waals surface area contributed by atoms with Gasteiger partial charge in [-0.15, -0.1) is 0 Å². The van der Waals surface area contributed by atoms with Gasteiger partial charge < -0.3 is 10.0 Å². The van der Waals surface area contributed by atoms with Crippen molar-refractivity contribution in [2.45, 2.75) is 19.4 Å². The van der Waals surface area contributed by atoms with Gasteiger partial charge in [0.2, 0.25) is 5.91 Å². The van der Waals surface area contributed by atoms with Gasteiger partial charge in [0.05, 0.1) is 23.6 Å². The molecule has 2 aromatic rings. The van der Waals surface area contributed by atoms with Gasteiger partial charge in [0.15, 0.2) is 0 Å². The van der Waals surface area contributed by atoms with E-state index in [0.29, 0.717) is 0 Å². The number of carboxylic acid groups (broad SMARTS) is 1. The second-order valence-corrected chi connectivity index (χ2v) is 7.31. The molecule has 138 valence electrons. The number of pyridine rings is 1. The number of fused-ring (bicyclic) bond motifs is 2. The van der Waals surface area contributed by atoms with E-state index in [1.54, 1.807) is 11.1 Å². The van der Waals surface area contributed by atoms with Crippen molar-refractivity contribution in [2.75, 3.05) is 4.90 Å². The van der Waals surface area contributed by atoms with E-state index in [-0.39, 0.29) is 23.8 Å². The zero-order valence-electron chi connectivity index (χ0n) is 15.1. The van der Waals surface area contributed by atoms with Crippen molar-refractivity contribution >= 4 is 17.6 Å². The normalized spacial score (nSPS) is 26.7. The number of aromatic nitrogens is 1. The largest absolute Gasteiger partial charge is 0.481 e. The first-order chi connectivity index (χ1) is 13.1. The number of anilines is 1. The van der Waals surface area contributed by atoms with Crippen LogP contribution in [0.15, 0.2) is 66.9 Å². The molecule has 5 heteroatoms. The first kappa shape index (κ1) is 17.5. The lowest BCUT2D eigenvalue weighted by Gasteiger charge is -2.34. The summed E-state index contributed by atoms with van der Waals surface area (Å²) in [4.78, 5) is 31.7. The molecule has 0 radical (unpaired) electrons. The summed E-state index contributed by atoms with van der Waals surface area (Å²) in [5, 5.41) is 9.75. The topological polar surface area (TPSA) is 70.5 Å². The molecule has 0 saturated heterocycles. The zero-order chi connectivity index (χ0) is 19.0. The van der Waals surface area contributed by atoms with Crippen molar-refractivity contribution < 1.29 is 14.7 Å². The number of allylic oxidation sites excluding steroid dienone is 2. The molecule has 5 nitrogen and oxygen atoms in total. The zero-order valence-corrected chi connectivity index (χ0v) is 15.1. The molecule has 27 heavy (non-hydrogen) atoms. The third-order valence-electron chi connectivity index (χ3n) is 5.80.